The van der Waals surface area contributed by atoms with Crippen LogP contribution in [0.5, 0.6) is 0 Å². The first-order chi connectivity index (χ1) is 14.8. The third-order valence-electron chi connectivity index (χ3n) is 5.47. The highest BCUT2D eigenvalue weighted by molar-refractivity contribution is 6.29. The van der Waals surface area contributed by atoms with Gasteiger partial charge in [-0.1, -0.05) is 17.7 Å². The third kappa shape index (κ3) is 3.88. The number of carbonyl (C=O) groups is 1. The Bertz CT molecular complexity index is 1240. The fourth-order valence-electron chi connectivity index (χ4n) is 3.76. The topological polar surface area (TPSA) is 95.3 Å². The summed E-state index contributed by atoms with van der Waals surface area (Å²) >= 11 is 5.96. The summed E-state index contributed by atoms with van der Waals surface area (Å²) in [6.07, 6.45) is 0. The zero-order valence-electron chi connectivity index (χ0n) is 17.7. The number of methoxy groups -OCH3 is 1. The molecule has 1 aromatic carbocycles. The average molecular weight is 443 g/mol. The first-order valence-electron chi connectivity index (χ1n) is 9.90. The zero-order valence-corrected chi connectivity index (χ0v) is 18.5. The molecule has 1 aliphatic heterocycles. The lowest BCUT2D eigenvalue weighted by Gasteiger charge is -2.27. The fourth-order valence-corrected chi connectivity index (χ4v) is 3.91. The van der Waals surface area contributed by atoms with Crippen LogP contribution in [0.2, 0.25) is 5.15 Å². The molecule has 1 atom stereocenters. The molecule has 31 heavy (non-hydrogen) atoms. The predicted octanol–water partition coefficient (Wildman–Crippen LogP) is 3.36. The molecular formula is C22H23ClN4O4. The van der Waals surface area contributed by atoms with E-state index in [4.69, 9.17) is 26.1 Å². The van der Waals surface area contributed by atoms with Crippen LogP contribution in [-0.4, -0.2) is 40.8 Å². The monoisotopic (exact) mass is 442 g/mol. The average Bonchev–Trinajstić information content (AvgIpc) is 2.71. The second kappa shape index (κ2) is 8.28. The molecule has 0 saturated carbocycles. The van der Waals surface area contributed by atoms with Crippen molar-refractivity contribution in [3.8, 4) is 0 Å². The maximum absolute atomic E-state index is 13.1. The summed E-state index contributed by atoms with van der Waals surface area (Å²) in [6, 6.07) is 6.85. The Kier molecular flexibility index (Phi) is 5.68. The summed E-state index contributed by atoms with van der Waals surface area (Å²) < 4.78 is 11.7. The molecule has 0 unspecified atom stereocenters. The minimum absolute atomic E-state index is 0.0903. The molecule has 1 aliphatic rings. The molecule has 3 heterocycles. The Labute approximate surface area is 184 Å². The number of hydrogen-bond acceptors (Lipinski definition) is 7. The van der Waals surface area contributed by atoms with Crippen LogP contribution in [0.25, 0.3) is 10.9 Å². The molecular weight excluding hydrogens is 420 g/mol. The molecule has 1 fully saturated rings. The number of pyridine rings is 1. The summed E-state index contributed by atoms with van der Waals surface area (Å²) in [4.78, 5) is 34.2. The van der Waals surface area contributed by atoms with Crippen LogP contribution in [0.1, 0.15) is 46.3 Å². The highest BCUT2D eigenvalue weighted by atomic mass is 35.5. The SMILES string of the molecule is COC(=O)c1nc(Cl)ccc1N[C@H](C)c1cc(C)cc2c(=O)n(C)c(C3COC3)nc12. The van der Waals surface area contributed by atoms with Gasteiger partial charge in [0.05, 0.1) is 48.9 Å². The zero-order chi connectivity index (χ0) is 22.3. The van der Waals surface area contributed by atoms with E-state index < -0.39 is 5.97 Å². The molecule has 0 bridgehead atoms. The van der Waals surface area contributed by atoms with Crippen LogP contribution in [0.3, 0.4) is 0 Å². The lowest BCUT2D eigenvalue weighted by Crippen LogP contribution is -2.33. The van der Waals surface area contributed by atoms with Gasteiger partial charge in [0, 0.05) is 12.6 Å². The number of fused-ring (bicyclic) bond motifs is 1. The lowest BCUT2D eigenvalue weighted by atomic mass is 9.99. The Morgan fingerprint density at radius 2 is 2.06 bits per heavy atom. The highest BCUT2D eigenvalue weighted by Crippen LogP contribution is 2.30. The number of hydrogen-bond donors (Lipinski definition) is 1. The minimum Gasteiger partial charge on any atom is -0.464 e. The van der Waals surface area contributed by atoms with E-state index in [-0.39, 0.29) is 28.4 Å². The fraction of sp³-hybridized carbons (Fsp3) is 0.364. The van der Waals surface area contributed by atoms with Crippen molar-refractivity contribution in [2.45, 2.75) is 25.8 Å². The second-order valence-electron chi connectivity index (χ2n) is 7.71. The highest BCUT2D eigenvalue weighted by Gasteiger charge is 2.27. The summed E-state index contributed by atoms with van der Waals surface area (Å²) in [7, 11) is 3.03. The largest absolute Gasteiger partial charge is 0.464 e. The van der Waals surface area contributed by atoms with Crippen molar-refractivity contribution < 1.29 is 14.3 Å². The number of halogens is 1. The van der Waals surface area contributed by atoms with Gasteiger partial charge in [0.15, 0.2) is 5.69 Å². The number of aromatic nitrogens is 3. The summed E-state index contributed by atoms with van der Waals surface area (Å²) in [5.41, 5.74) is 2.91. The Morgan fingerprint density at radius 1 is 1.32 bits per heavy atom. The van der Waals surface area contributed by atoms with E-state index in [1.54, 1.807) is 23.7 Å². The molecule has 0 amide bonds. The van der Waals surface area contributed by atoms with Crippen LogP contribution in [0, 0.1) is 6.92 Å². The number of anilines is 1. The van der Waals surface area contributed by atoms with E-state index in [9.17, 15) is 9.59 Å². The van der Waals surface area contributed by atoms with E-state index in [1.165, 1.54) is 7.11 Å². The van der Waals surface area contributed by atoms with E-state index in [0.29, 0.717) is 35.6 Å². The smallest absolute Gasteiger partial charge is 0.358 e. The number of ether oxygens (including phenoxy) is 2. The quantitative estimate of drug-likeness (QED) is 0.478. The van der Waals surface area contributed by atoms with Gasteiger partial charge in [-0.15, -0.1) is 0 Å². The normalized spacial score (nSPS) is 14.9. The Hall–Kier alpha value is -2.97. The van der Waals surface area contributed by atoms with E-state index in [2.05, 4.69) is 10.3 Å². The maximum atomic E-state index is 13.1. The molecule has 1 N–H and O–H groups in total. The van der Waals surface area contributed by atoms with Gasteiger partial charge >= 0.3 is 5.97 Å². The number of esters is 1. The molecule has 2 aromatic heterocycles. The molecule has 0 radical (unpaired) electrons. The number of aryl methyl sites for hydroxylation is 1. The molecule has 0 spiro atoms. The first kappa shape index (κ1) is 21.3. The molecule has 3 aromatic rings. The van der Waals surface area contributed by atoms with Crippen molar-refractivity contribution in [2.24, 2.45) is 7.05 Å². The standard InChI is InChI=1S/C22H23ClN4O4/c1-11-7-14(12(2)24-16-5-6-17(23)25-19(16)22(29)30-4)18-15(8-11)21(28)27(3)20(26-18)13-9-31-10-13/h5-8,12-13,24H,9-10H2,1-4H3/t12-/m1/s1. The van der Waals surface area contributed by atoms with E-state index in [1.807, 2.05) is 26.0 Å². The Morgan fingerprint density at radius 3 is 2.71 bits per heavy atom. The van der Waals surface area contributed by atoms with Crippen molar-refractivity contribution in [3.05, 3.63) is 62.4 Å². The lowest BCUT2D eigenvalue weighted by molar-refractivity contribution is 0.00340. The number of nitrogens with one attached hydrogen (secondary N) is 1. The van der Waals surface area contributed by atoms with Crippen molar-refractivity contribution in [1.82, 2.24) is 14.5 Å². The van der Waals surface area contributed by atoms with Gasteiger partial charge in [-0.3, -0.25) is 9.36 Å². The molecule has 8 nitrogen and oxygen atoms in total. The number of rotatable bonds is 5. The van der Waals surface area contributed by atoms with Gasteiger partial charge in [0.1, 0.15) is 11.0 Å². The van der Waals surface area contributed by atoms with Gasteiger partial charge in [-0.05, 0) is 37.6 Å². The van der Waals surface area contributed by atoms with Crippen molar-refractivity contribution in [3.63, 3.8) is 0 Å². The van der Waals surface area contributed by atoms with Gasteiger partial charge in [0.2, 0.25) is 0 Å². The molecule has 162 valence electrons. The van der Waals surface area contributed by atoms with Crippen LogP contribution in [0.15, 0.2) is 29.1 Å². The number of benzene rings is 1. The maximum Gasteiger partial charge on any atom is 0.358 e. The number of nitrogens with zero attached hydrogens (tertiary/aromatic N) is 3. The summed E-state index contributed by atoms with van der Waals surface area (Å²) in [5.74, 6) is 0.223. The van der Waals surface area contributed by atoms with E-state index >= 15 is 0 Å². The summed E-state index contributed by atoms with van der Waals surface area (Å²) in [5, 5.41) is 4.05. The molecule has 9 heteroatoms. The van der Waals surface area contributed by atoms with Crippen LogP contribution in [0.4, 0.5) is 5.69 Å². The van der Waals surface area contributed by atoms with Crippen molar-refractivity contribution >= 4 is 34.2 Å². The minimum atomic E-state index is -0.592. The van der Waals surface area contributed by atoms with Crippen LogP contribution < -0.4 is 10.9 Å². The molecule has 0 aliphatic carbocycles. The van der Waals surface area contributed by atoms with Gasteiger partial charge in [-0.2, -0.15) is 0 Å². The second-order valence-corrected chi connectivity index (χ2v) is 8.09. The van der Waals surface area contributed by atoms with Crippen LogP contribution in [-0.2, 0) is 16.5 Å². The molecule has 4 rings (SSSR count). The van der Waals surface area contributed by atoms with Gasteiger partial charge < -0.3 is 14.8 Å². The summed E-state index contributed by atoms with van der Waals surface area (Å²) in [6.45, 7) is 4.99. The first-order valence-corrected chi connectivity index (χ1v) is 10.3. The Balaban J connectivity index is 1.82. The number of carbonyl (C=O) groups excluding carboxylic acids is 1. The van der Waals surface area contributed by atoms with Crippen molar-refractivity contribution in [2.75, 3.05) is 25.6 Å². The van der Waals surface area contributed by atoms with Gasteiger partial charge in [-0.25, -0.2) is 14.8 Å². The predicted molar refractivity (Wildman–Crippen MR) is 118 cm³/mol. The molecule has 1 saturated heterocycles. The van der Waals surface area contributed by atoms with E-state index in [0.717, 1.165) is 11.1 Å². The third-order valence-corrected chi connectivity index (χ3v) is 5.68. The van der Waals surface area contributed by atoms with Crippen LogP contribution >= 0.6 is 11.6 Å². The van der Waals surface area contributed by atoms with Crippen molar-refractivity contribution in [1.29, 1.82) is 0 Å². The van der Waals surface area contributed by atoms with Gasteiger partial charge in [0.25, 0.3) is 5.56 Å².